The zero-order chi connectivity index (χ0) is 10.6. The summed E-state index contributed by atoms with van der Waals surface area (Å²) in [7, 11) is 0. The van der Waals surface area contributed by atoms with E-state index in [2.05, 4.69) is 0 Å². The van der Waals surface area contributed by atoms with E-state index in [0.29, 0.717) is 5.41 Å². The maximum absolute atomic E-state index is 5.86. The lowest BCUT2D eigenvalue weighted by atomic mass is 9.67. The van der Waals surface area contributed by atoms with Gasteiger partial charge in [0.25, 0.3) is 0 Å². The summed E-state index contributed by atoms with van der Waals surface area (Å²) < 4.78 is 0. The van der Waals surface area contributed by atoms with Gasteiger partial charge in [-0.05, 0) is 50.0 Å². The number of hydrogen-bond donors (Lipinski definition) is 1. The molecule has 0 aliphatic heterocycles. The molecular formula is C14H27N. The van der Waals surface area contributed by atoms with Crippen LogP contribution in [0.15, 0.2) is 0 Å². The van der Waals surface area contributed by atoms with E-state index in [1.54, 1.807) is 0 Å². The minimum Gasteiger partial charge on any atom is -0.330 e. The van der Waals surface area contributed by atoms with Gasteiger partial charge in [0.05, 0.1) is 0 Å². The Balaban J connectivity index is 2.05. The fourth-order valence-electron chi connectivity index (χ4n) is 4.12. The van der Waals surface area contributed by atoms with Crippen LogP contribution in [0.3, 0.4) is 0 Å². The van der Waals surface area contributed by atoms with E-state index >= 15 is 0 Å². The zero-order valence-electron chi connectivity index (χ0n) is 10.1. The van der Waals surface area contributed by atoms with Crippen LogP contribution >= 0.6 is 0 Å². The number of rotatable bonds is 3. The van der Waals surface area contributed by atoms with Crippen LogP contribution in [0.25, 0.3) is 0 Å². The van der Waals surface area contributed by atoms with Crippen LogP contribution in [-0.4, -0.2) is 6.54 Å². The van der Waals surface area contributed by atoms with E-state index in [1.165, 1.54) is 70.6 Å². The van der Waals surface area contributed by atoms with Crippen LogP contribution in [-0.2, 0) is 0 Å². The van der Waals surface area contributed by atoms with Crippen molar-refractivity contribution in [3.63, 3.8) is 0 Å². The first-order chi connectivity index (χ1) is 7.37. The van der Waals surface area contributed by atoms with E-state index in [0.717, 1.165) is 12.5 Å². The van der Waals surface area contributed by atoms with Gasteiger partial charge in [0, 0.05) is 0 Å². The van der Waals surface area contributed by atoms with Crippen molar-refractivity contribution in [1.82, 2.24) is 0 Å². The first-order valence-electron chi connectivity index (χ1n) is 7.07. The standard InChI is InChI=1S/C14H27N/c15-12-11-14(13-7-3-4-8-13)9-5-1-2-6-10-14/h13H,1-12,15H2. The fraction of sp³-hybridized carbons (Fsp3) is 1.00. The van der Waals surface area contributed by atoms with Gasteiger partial charge in [-0.1, -0.05) is 38.5 Å². The predicted molar refractivity (Wildman–Crippen MR) is 65.8 cm³/mol. The molecule has 0 aromatic carbocycles. The molecule has 0 amide bonds. The van der Waals surface area contributed by atoms with E-state index < -0.39 is 0 Å². The van der Waals surface area contributed by atoms with Gasteiger partial charge in [-0.25, -0.2) is 0 Å². The first-order valence-corrected chi connectivity index (χ1v) is 7.07. The Hall–Kier alpha value is -0.0400. The molecule has 0 atom stereocenters. The second-order valence-electron chi connectivity index (χ2n) is 5.80. The Labute approximate surface area is 94.8 Å². The summed E-state index contributed by atoms with van der Waals surface area (Å²) in [5.74, 6) is 1.03. The summed E-state index contributed by atoms with van der Waals surface area (Å²) in [4.78, 5) is 0. The molecule has 2 rings (SSSR count). The molecule has 1 nitrogen and oxygen atoms in total. The van der Waals surface area contributed by atoms with Gasteiger partial charge in [0.2, 0.25) is 0 Å². The second-order valence-corrected chi connectivity index (χ2v) is 5.80. The quantitative estimate of drug-likeness (QED) is 0.702. The largest absolute Gasteiger partial charge is 0.330 e. The van der Waals surface area contributed by atoms with Crippen LogP contribution in [0, 0.1) is 11.3 Å². The van der Waals surface area contributed by atoms with Crippen LogP contribution < -0.4 is 5.73 Å². The van der Waals surface area contributed by atoms with Crippen LogP contribution in [0.2, 0.25) is 0 Å². The van der Waals surface area contributed by atoms with Gasteiger partial charge in [0.15, 0.2) is 0 Å². The van der Waals surface area contributed by atoms with Gasteiger partial charge in [-0.15, -0.1) is 0 Å². The molecule has 2 fully saturated rings. The fourth-order valence-corrected chi connectivity index (χ4v) is 4.12. The Kier molecular flexibility index (Phi) is 4.07. The van der Waals surface area contributed by atoms with Gasteiger partial charge < -0.3 is 5.73 Å². The highest BCUT2D eigenvalue weighted by molar-refractivity contribution is 4.90. The van der Waals surface area contributed by atoms with Crippen molar-refractivity contribution in [2.75, 3.05) is 6.54 Å². The molecule has 2 saturated carbocycles. The lowest BCUT2D eigenvalue weighted by Crippen LogP contribution is -2.31. The lowest BCUT2D eigenvalue weighted by Gasteiger charge is -2.39. The lowest BCUT2D eigenvalue weighted by molar-refractivity contribution is 0.123. The average molecular weight is 209 g/mol. The smallest absolute Gasteiger partial charge is 0.00719 e. The molecule has 0 unspecified atom stereocenters. The Morgan fingerprint density at radius 1 is 0.867 bits per heavy atom. The van der Waals surface area contributed by atoms with Gasteiger partial charge >= 0.3 is 0 Å². The highest BCUT2D eigenvalue weighted by Crippen LogP contribution is 2.50. The Bertz CT molecular complexity index is 174. The Morgan fingerprint density at radius 3 is 2.00 bits per heavy atom. The van der Waals surface area contributed by atoms with E-state index in [9.17, 15) is 0 Å². The van der Waals surface area contributed by atoms with Crippen molar-refractivity contribution in [2.45, 2.75) is 70.6 Å². The average Bonchev–Trinajstić information content (AvgIpc) is 2.68. The highest BCUT2D eigenvalue weighted by Gasteiger charge is 2.39. The second kappa shape index (κ2) is 5.34. The summed E-state index contributed by atoms with van der Waals surface area (Å²) in [6, 6.07) is 0. The van der Waals surface area contributed by atoms with Crippen LogP contribution in [0.1, 0.15) is 70.6 Å². The molecule has 0 bridgehead atoms. The third-order valence-corrected chi connectivity index (χ3v) is 4.96. The molecule has 2 aliphatic rings. The van der Waals surface area contributed by atoms with Crippen molar-refractivity contribution in [3.05, 3.63) is 0 Å². The minimum atomic E-state index is 0.668. The summed E-state index contributed by atoms with van der Waals surface area (Å²) in [6.45, 7) is 0.913. The number of nitrogens with two attached hydrogens (primary N) is 1. The highest BCUT2D eigenvalue weighted by atomic mass is 14.6. The van der Waals surface area contributed by atoms with Crippen molar-refractivity contribution < 1.29 is 0 Å². The van der Waals surface area contributed by atoms with E-state index in [-0.39, 0.29) is 0 Å². The molecule has 2 N–H and O–H groups in total. The first kappa shape index (κ1) is 11.4. The molecule has 0 heterocycles. The molecule has 88 valence electrons. The maximum Gasteiger partial charge on any atom is -0.00719 e. The molecule has 0 aromatic rings. The van der Waals surface area contributed by atoms with Crippen molar-refractivity contribution in [3.8, 4) is 0 Å². The zero-order valence-corrected chi connectivity index (χ0v) is 10.1. The van der Waals surface area contributed by atoms with E-state index in [4.69, 9.17) is 5.73 Å². The van der Waals surface area contributed by atoms with Gasteiger partial charge in [-0.3, -0.25) is 0 Å². The monoisotopic (exact) mass is 209 g/mol. The molecule has 2 aliphatic carbocycles. The molecule has 0 spiro atoms. The van der Waals surface area contributed by atoms with Crippen molar-refractivity contribution in [1.29, 1.82) is 0 Å². The normalized spacial score (nSPS) is 27.8. The Morgan fingerprint density at radius 2 is 1.47 bits per heavy atom. The summed E-state index contributed by atoms with van der Waals surface area (Å²) >= 11 is 0. The predicted octanol–water partition coefficient (Wildman–Crippen LogP) is 3.87. The minimum absolute atomic E-state index is 0.668. The number of hydrogen-bond acceptors (Lipinski definition) is 1. The third-order valence-electron chi connectivity index (χ3n) is 4.96. The van der Waals surface area contributed by atoms with E-state index in [1.807, 2.05) is 0 Å². The van der Waals surface area contributed by atoms with Crippen LogP contribution in [0.5, 0.6) is 0 Å². The van der Waals surface area contributed by atoms with Crippen LogP contribution in [0.4, 0.5) is 0 Å². The molecular weight excluding hydrogens is 182 g/mol. The molecule has 0 radical (unpaired) electrons. The third kappa shape index (κ3) is 2.55. The SMILES string of the molecule is NCCC1(C2CCCC2)CCCCCC1. The molecule has 1 heteroatoms. The molecule has 15 heavy (non-hydrogen) atoms. The van der Waals surface area contributed by atoms with Crippen molar-refractivity contribution >= 4 is 0 Å². The van der Waals surface area contributed by atoms with Gasteiger partial charge in [-0.2, -0.15) is 0 Å². The topological polar surface area (TPSA) is 26.0 Å². The summed E-state index contributed by atoms with van der Waals surface area (Å²) in [5.41, 5.74) is 6.53. The van der Waals surface area contributed by atoms with Crippen molar-refractivity contribution in [2.24, 2.45) is 17.1 Å². The molecule has 0 saturated heterocycles. The summed E-state index contributed by atoms with van der Waals surface area (Å²) in [5, 5.41) is 0. The summed E-state index contributed by atoms with van der Waals surface area (Å²) in [6.07, 6.45) is 16.1. The van der Waals surface area contributed by atoms with Gasteiger partial charge in [0.1, 0.15) is 0 Å². The molecule has 0 aromatic heterocycles. The maximum atomic E-state index is 5.86.